The summed E-state index contributed by atoms with van der Waals surface area (Å²) in [4.78, 5) is 12.4. The van der Waals surface area contributed by atoms with Gasteiger partial charge in [0.05, 0.1) is 0 Å². The third-order valence-electron chi connectivity index (χ3n) is 3.77. The summed E-state index contributed by atoms with van der Waals surface area (Å²) in [5.41, 5.74) is 2.63. The number of anilines is 1. The van der Waals surface area contributed by atoms with Crippen LogP contribution >= 0.6 is 0 Å². The number of nitrogens with one attached hydrogen (secondary N) is 2. The summed E-state index contributed by atoms with van der Waals surface area (Å²) in [5, 5.41) is 6.07. The molecule has 0 radical (unpaired) electrons. The molecule has 0 fully saturated rings. The molecule has 2 N–H and O–H groups in total. The average molecular weight is 314 g/mol. The summed E-state index contributed by atoms with van der Waals surface area (Å²) in [6, 6.07) is 12.9. The highest BCUT2D eigenvalue weighted by Gasteiger charge is 2.27. The molecule has 2 rings (SSSR count). The topological polar surface area (TPSA) is 41.1 Å². The first-order valence-electron chi connectivity index (χ1n) is 7.66. The SMILES string of the molecule is Cc1ccc(NC(C)(C)C(=O)NCc2ccc(C)c(F)c2)cc1. The van der Waals surface area contributed by atoms with E-state index in [1.54, 1.807) is 13.0 Å². The van der Waals surface area contributed by atoms with Crippen LogP contribution < -0.4 is 10.6 Å². The Hall–Kier alpha value is -2.36. The van der Waals surface area contributed by atoms with Gasteiger partial charge in [-0.15, -0.1) is 0 Å². The van der Waals surface area contributed by atoms with Crippen molar-refractivity contribution >= 4 is 11.6 Å². The minimum absolute atomic E-state index is 0.140. The second kappa shape index (κ2) is 6.82. The molecule has 1 amide bonds. The fourth-order valence-corrected chi connectivity index (χ4v) is 2.20. The third kappa shape index (κ3) is 4.55. The van der Waals surface area contributed by atoms with Crippen molar-refractivity contribution in [2.45, 2.75) is 39.8 Å². The Labute approximate surface area is 136 Å². The summed E-state index contributed by atoms with van der Waals surface area (Å²) >= 11 is 0. The molecule has 0 aliphatic rings. The van der Waals surface area contributed by atoms with Crippen LogP contribution in [0.15, 0.2) is 42.5 Å². The van der Waals surface area contributed by atoms with Crippen molar-refractivity contribution in [2.24, 2.45) is 0 Å². The molecule has 2 aromatic rings. The Bertz CT molecular complexity index is 693. The van der Waals surface area contributed by atoms with Crippen molar-refractivity contribution in [1.82, 2.24) is 5.32 Å². The van der Waals surface area contributed by atoms with Crippen molar-refractivity contribution in [1.29, 1.82) is 0 Å². The molecule has 0 saturated heterocycles. The van der Waals surface area contributed by atoms with Crippen molar-refractivity contribution < 1.29 is 9.18 Å². The van der Waals surface area contributed by atoms with Gasteiger partial charge in [-0.3, -0.25) is 4.79 Å². The third-order valence-corrected chi connectivity index (χ3v) is 3.77. The van der Waals surface area contributed by atoms with Gasteiger partial charge in [0.25, 0.3) is 0 Å². The quantitative estimate of drug-likeness (QED) is 0.877. The van der Waals surface area contributed by atoms with E-state index < -0.39 is 5.54 Å². The van der Waals surface area contributed by atoms with Gasteiger partial charge in [-0.2, -0.15) is 0 Å². The number of benzene rings is 2. The summed E-state index contributed by atoms with van der Waals surface area (Å²) in [7, 11) is 0. The molecule has 23 heavy (non-hydrogen) atoms. The smallest absolute Gasteiger partial charge is 0.245 e. The number of aryl methyl sites for hydroxylation is 2. The summed E-state index contributed by atoms with van der Waals surface area (Å²) in [5.74, 6) is -0.396. The standard InChI is InChI=1S/C19H23FN2O/c1-13-5-9-16(10-6-13)22-19(3,4)18(23)21-12-15-8-7-14(2)17(20)11-15/h5-11,22H,12H2,1-4H3,(H,21,23). The van der Waals surface area contributed by atoms with Crippen LogP contribution in [0.3, 0.4) is 0 Å². The van der Waals surface area contributed by atoms with Gasteiger partial charge >= 0.3 is 0 Å². The molecule has 3 nitrogen and oxygen atoms in total. The lowest BCUT2D eigenvalue weighted by atomic mass is 10.0. The molecular formula is C19H23FN2O. The van der Waals surface area contributed by atoms with Crippen LogP contribution in [0.5, 0.6) is 0 Å². The van der Waals surface area contributed by atoms with Crippen molar-refractivity contribution in [3.8, 4) is 0 Å². The largest absolute Gasteiger partial charge is 0.372 e. The first-order chi connectivity index (χ1) is 10.8. The molecule has 122 valence electrons. The second-order valence-corrected chi connectivity index (χ2v) is 6.38. The Morgan fingerprint density at radius 3 is 2.35 bits per heavy atom. The maximum atomic E-state index is 13.5. The van der Waals surface area contributed by atoms with E-state index in [9.17, 15) is 9.18 Å². The molecule has 4 heteroatoms. The second-order valence-electron chi connectivity index (χ2n) is 6.38. The predicted molar refractivity (Wildman–Crippen MR) is 91.9 cm³/mol. The first-order valence-corrected chi connectivity index (χ1v) is 7.66. The summed E-state index contributed by atoms with van der Waals surface area (Å²) in [6.07, 6.45) is 0. The van der Waals surface area contributed by atoms with E-state index in [-0.39, 0.29) is 11.7 Å². The number of rotatable bonds is 5. The fourth-order valence-electron chi connectivity index (χ4n) is 2.20. The van der Waals surface area contributed by atoms with Crippen LogP contribution in [0.1, 0.15) is 30.5 Å². The number of hydrogen-bond donors (Lipinski definition) is 2. The molecule has 0 bridgehead atoms. The number of hydrogen-bond acceptors (Lipinski definition) is 2. The Morgan fingerprint density at radius 1 is 1.09 bits per heavy atom. The summed E-state index contributed by atoms with van der Waals surface area (Å²) in [6.45, 7) is 7.67. The van der Waals surface area contributed by atoms with E-state index in [0.717, 1.165) is 11.3 Å². The van der Waals surface area contributed by atoms with Gasteiger partial charge in [0.15, 0.2) is 0 Å². The van der Waals surface area contributed by atoms with Gasteiger partial charge < -0.3 is 10.6 Å². The van der Waals surface area contributed by atoms with E-state index in [2.05, 4.69) is 10.6 Å². The highest BCUT2D eigenvalue weighted by atomic mass is 19.1. The zero-order valence-corrected chi connectivity index (χ0v) is 14.0. The van der Waals surface area contributed by atoms with E-state index in [1.807, 2.05) is 51.1 Å². The van der Waals surface area contributed by atoms with E-state index in [4.69, 9.17) is 0 Å². The Kier molecular flexibility index (Phi) is 5.04. The average Bonchev–Trinajstić information content (AvgIpc) is 2.50. The minimum atomic E-state index is -0.765. The Morgan fingerprint density at radius 2 is 1.74 bits per heavy atom. The van der Waals surface area contributed by atoms with Gasteiger partial charge in [-0.1, -0.05) is 29.8 Å². The maximum Gasteiger partial charge on any atom is 0.245 e. The monoisotopic (exact) mass is 314 g/mol. The van der Waals surface area contributed by atoms with E-state index in [1.165, 1.54) is 11.6 Å². The number of carbonyl (C=O) groups is 1. The predicted octanol–water partition coefficient (Wildman–Crippen LogP) is 3.95. The van der Waals surface area contributed by atoms with Crippen molar-refractivity contribution in [2.75, 3.05) is 5.32 Å². The van der Waals surface area contributed by atoms with Crippen LogP contribution in [0.25, 0.3) is 0 Å². The Balaban J connectivity index is 1.97. The van der Waals surface area contributed by atoms with Crippen LogP contribution in [0.4, 0.5) is 10.1 Å². The molecular weight excluding hydrogens is 291 g/mol. The molecule has 0 unspecified atom stereocenters. The molecule has 0 heterocycles. The molecule has 0 aliphatic heterocycles. The molecule has 0 aromatic heterocycles. The number of halogens is 1. The van der Waals surface area contributed by atoms with Gasteiger partial charge in [0.2, 0.25) is 5.91 Å². The normalized spacial score (nSPS) is 11.2. The van der Waals surface area contributed by atoms with Crippen LogP contribution in [0, 0.1) is 19.7 Å². The molecule has 0 atom stereocenters. The van der Waals surface area contributed by atoms with E-state index in [0.29, 0.717) is 12.1 Å². The lowest BCUT2D eigenvalue weighted by molar-refractivity contribution is -0.124. The zero-order valence-electron chi connectivity index (χ0n) is 14.0. The first kappa shape index (κ1) is 17.0. The molecule has 2 aromatic carbocycles. The highest BCUT2D eigenvalue weighted by molar-refractivity contribution is 5.88. The van der Waals surface area contributed by atoms with Crippen molar-refractivity contribution in [3.63, 3.8) is 0 Å². The van der Waals surface area contributed by atoms with Gasteiger partial charge in [0, 0.05) is 12.2 Å². The molecule has 0 spiro atoms. The zero-order chi connectivity index (χ0) is 17.0. The highest BCUT2D eigenvalue weighted by Crippen LogP contribution is 2.16. The molecule has 0 saturated carbocycles. The van der Waals surface area contributed by atoms with Crippen LogP contribution in [-0.2, 0) is 11.3 Å². The van der Waals surface area contributed by atoms with Gasteiger partial charge in [-0.05, 0) is 57.0 Å². The van der Waals surface area contributed by atoms with Crippen LogP contribution in [-0.4, -0.2) is 11.4 Å². The van der Waals surface area contributed by atoms with Gasteiger partial charge in [0.1, 0.15) is 11.4 Å². The minimum Gasteiger partial charge on any atom is -0.372 e. The fraction of sp³-hybridized carbons (Fsp3) is 0.316. The van der Waals surface area contributed by atoms with Crippen LogP contribution in [0.2, 0.25) is 0 Å². The maximum absolute atomic E-state index is 13.5. The summed E-state index contributed by atoms with van der Waals surface area (Å²) < 4.78 is 13.5. The van der Waals surface area contributed by atoms with E-state index >= 15 is 0 Å². The lowest BCUT2D eigenvalue weighted by Gasteiger charge is -2.26. The van der Waals surface area contributed by atoms with Crippen molar-refractivity contribution in [3.05, 3.63) is 65.0 Å². The number of amides is 1. The number of carbonyl (C=O) groups excluding carboxylic acids is 1. The molecule has 0 aliphatic carbocycles. The lowest BCUT2D eigenvalue weighted by Crippen LogP contribution is -2.47. The van der Waals surface area contributed by atoms with Gasteiger partial charge in [-0.25, -0.2) is 4.39 Å².